The van der Waals surface area contributed by atoms with Gasteiger partial charge in [-0.1, -0.05) is 12.1 Å². The van der Waals surface area contributed by atoms with Crippen molar-refractivity contribution in [3.05, 3.63) is 48.0 Å². The van der Waals surface area contributed by atoms with E-state index in [0.717, 1.165) is 24.9 Å². The topological polar surface area (TPSA) is 80.1 Å². The summed E-state index contributed by atoms with van der Waals surface area (Å²) < 4.78 is 1.83. The van der Waals surface area contributed by atoms with Crippen LogP contribution >= 0.6 is 0 Å². The van der Waals surface area contributed by atoms with Gasteiger partial charge in [0.15, 0.2) is 0 Å². The molecule has 1 aromatic carbocycles. The van der Waals surface area contributed by atoms with Gasteiger partial charge in [0.25, 0.3) is 5.91 Å². The van der Waals surface area contributed by atoms with Crippen LogP contribution in [0.3, 0.4) is 0 Å². The fourth-order valence-corrected chi connectivity index (χ4v) is 2.94. The number of carbonyl (C=O) groups excluding carboxylic acids is 2. The summed E-state index contributed by atoms with van der Waals surface area (Å²) in [6.45, 7) is 3.37. The Morgan fingerprint density at radius 3 is 2.75 bits per heavy atom. The normalized spacial score (nSPS) is 17.5. The molecule has 24 heavy (non-hydrogen) atoms. The number of piperidine rings is 1. The zero-order chi connectivity index (χ0) is 16.9. The first kappa shape index (κ1) is 16.2. The molecule has 1 N–H and O–H groups in total. The van der Waals surface area contributed by atoms with Gasteiger partial charge in [-0.3, -0.25) is 9.59 Å². The number of likely N-dealkylation sites (tertiary alicyclic amines) is 1. The molecule has 3 rings (SSSR count). The van der Waals surface area contributed by atoms with E-state index in [9.17, 15) is 9.59 Å². The average Bonchev–Trinajstić information content (AvgIpc) is 3.14. The molecule has 1 aliphatic heterocycles. The molecule has 1 aliphatic rings. The molecule has 0 saturated carbocycles. The third-order valence-electron chi connectivity index (χ3n) is 4.24. The molecule has 7 nitrogen and oxygen atoms in total. The van der Waals surface area contributed by atoms with Crippen LogP contribution in [0.5, 0.6) is 0 Å². The lowest BCUT2D eigenvalue weighted by molar-refractivity contribution is -0.119. The summed E-state index contributed by atoms with van der Waals surface area (Å²) in [6.07, 6.45) is 5.18. The van der Waals surface area contributed by atoms with E-state index in [4.69, 9.17) is 0 Å². The predicted octanol–water partition coefficient (Wildman–Crippen LogP) is 1.39. The van der Waals surface area contributed by atoms with Crippen LogP contribution in [0.2, 0.25) is 0 Å². The third kappa shape index (κ3) is 3.79. The largest absolute Gasteiger partial charge is 0.352 e. The average molecular weight is 327 g/mol. The van der Waals surface area contributed by atoms with Gasteiger partial charge < -0.3 is 10.2 Å². The van der Waals surface area contributed by atoms with Crippen LogP contribution < -0.4 is 5.32 Å². The van der Waals surface area contributed by atoms with Crippen LogP contribution in [0, 0.1) is 0 Å². The Balaban J connectivity index is 1.64. The second-order valence-electron chi connectivity index (χ2n) is 6.03. The van der Waals surface area contributed by atoms with Crippen LogP contribution in [-0.4, -0.2) is 44.6 Å². The lowest BCUT2D eigenvalue weighted by Gasteiger charge is -2.32. The molecule has 7 heteroatoms. The molecular formula is C17H21N5O2. The van der Waals surface area contributed by atoms with Gasteiger partial charge >= 0.3 is 0 Å². The van der Waals surface area contributed by atoms with E-state index in [2.05, 4.69) is 15.4 Å². The van der Waals surface area contributed by atoms with Crippen LogP contribution in [-0.2, 0) is 11.3 Å². The van der Waals surface area contributed by atoms with E-state index in [1.165, 1.54) is 13.3 Å². The summed E-state index contributed by atoms with van der Waals surface area (Å²) in [7, 11) is 0. The number of hydrogen-bond donors (Lipinski definition) is 1. The summed E-state index contributed by atoms with van der Waals surface area (Å²) >= 11 is 0. The number of nitrogens with zero attached hydrogens (tertiary/aromatic N) is 4. The van der Waals surface area contributed by atoms with Crippen molar-refractivity contribution >= 4 is 11.8 Å². The third-order valence-corrected chi connectivity index (χ3v) is 4.24. The molecule has 1 fully saturated rings. The van der Waals surface area contributed by atoms with Crippen LogP contribution in [0.4, 0.5) is 0 Å². The van der Waals surface area contributed by atoms with E-state index in [1.54, 1.807) is 6.33 Å². The lowest BCUT2D eigenvalue weighted by Crippen LogP contribution is -2.40. The van der Waals surface area contributed by atoms with Gasteiger partial charge in [-0.05, 0) is 30.5 Å². The summed E-state index contributed by atoms with van der Waals surface area (Å²) in [5.41, 5.74) is 1.64. The van der Waals surface area contributed by atoms with E-state index < -0.39 is 0 Å². The summed E-state index contributed by atoms with van der Waals surface area (Å²) in [4.78, 5) is 29.5. The van der Waals surface area contributed by atoms with Gasteiger partial charge in [0.05, 0.1) is 6.04 Å². The Hall–Kier alpha value is -2.70. The van der Waals surface area contributed by atoms with Crippen molar-refractivity contribution in [2.24, 2.45) is 0 Å². The monoisotopic (exact) mass is 327 g/mol. The maximum atomic E-state index is 12.7. The lowest BCUT2D eigenvalue weighted by atomic mass is 10.0. The van der Waals surface area contributed by atoms with Crippen molar-refractivity contribution in [3.63, 3.8) is 0 Å². The number of nitrogens with one attached hydrogen (secondary N) is 1. The molecule has 1 atom stereocenters. The van der Waals surface area contributed by atoms with Crippen molar-refractivity contribution in [3.8, 4) is 0 Å². The number of rotatable bonds is 4. The minimum atomic E-state index is -0.0670. The Bertz CT molecular complexity index is 696. The number of aromatic nitrogens is 3. The highest BCUT2D eigenvalue weighted by atomic mass is 16.2. The number of hydrogen-bond acceptors (Lipinski definition) is 4. The van der Waals surface area contributed by atoms with Gasteiger partial charge in [-0.15, -0.1) is 0 Å². The van der Waals surface area contributed by atoms with Crippen molar-refractivity contribution in [1.82, 2.24) is 25.0 Å². The van der Waals surface area contributed by atoms with Crippen molar-refractivity contribution in [2.75, 3.05) is 13.1 Å². The smallest absolute Gasteiger partial charge is 0.253 e. The van der Waals surface area contributed by atoms with Crippen molar-refractivity contribution in [2.45, 2.75) is 32.4 Å². The second kappa shape index (κ2) is 7.25. The molecule has 0 bridgehead atoms. The fourth-order valence-electron chi connectivity index (χ4n) is 2.94. The highest BCUT2D eigenvalue weighted by Crippen LogP contribution is 2.22. The summed E-state index contributed by atoms with van der Waals surface area (Å²) in [5.74, 6) is -0.0338. The molecule has 0 aliphatic carbocycles. The van der Waals surface area contributed by atoms with Gasteiger partial charge in [0.2, 0.25) is 5.91 Å². The molecule has 0 unspecified atom stereocenters. The fraction of sp³-hybridized carbons (Fsp3) is 0.412. The minimum Gasteiger partial charge on any atom is -0.352 e. The Labute approximate surface area is 140 Å². The minimum absolute atomic E-state index is 0.0332. The van der Waals surface area contributed by atoms with Crippen LogP contribution in [0.25, 0.3) is 0 Å². The van der Waals surface area contributed by atoms with E-state index in [1.807, 2.05) is 33.8 Å². The maximum Gasteiger partial charge on any atom is 0.253 e. The number of benzene rings is 1. The molecule has 2 aromatic rings. The Kier molecular flexibility index (Phi) is 4.88. The molecular weight excluding hydrogens is 306 g/mol. The maximum absolute atomic E-state index is 12.7. The van der Waals surface area contributed by atoms with E-state index >= 15 is 0 Å². The van der Waals surface area contributed by atoms with Crippen molar-refractivity contribution < 1.29 is 9.59 Å². The molecule has 2 heterocycles. The quantitative estimate of drug-likeness (QED) is 0.920. The molecule has 1 aromatic heterocycles. The van der Waals surface area contributed by atoms with Gasteiger partial charge in [-0.2, -0.15) is 5.10 Å². The highest BCUT2D eigenvalue weighted by molar-refractivity contribution is 5.94. The molecule has 1 saturated heterocycles. The number of amides is 2. The SMILES string of the molecule is CC(=O)NCc1ccc(C(=O)N2CCC[C@H](n3cncn3)C2)cc1. The van der Waals surface area contributed by atoms with Crippen LogP contribution in [0.15, 0.2) is 36.9 Å². The zero-order valence-electron chi connectivity index (χ0n) is 13.7. The van der Waals surface area contributed by atoms with Gasteiger partial charge in [0, 0.05) is 32.1 Å². The van der Waals surface area contributed by atoms with Gasteiger partial charge in [-0.25, -0.2) is 9.67 Å². The first-order valence-electron chi connectivity index (χ1n) is 8.10. The van der Waals surface area contributed by atoms with Gasteiger partial charge in [0.1, 0.15) is 12.7 Å². The number of carbonyl (C=O) groups is 2. The predicted molar refractivity (Wildman–Crippen MR) is 88.2 cm³/mol. The molecule has 126 valence electrons. The first-order valence-corrected chi connectivity index (χ1v) is 8.10. The van der Waals surface area contributed by atoms with E-state index in [0.29, 0.717) is 18.7 Å². The Morgan fingerprint density at radius 1 is 1.29 bits per heavy atom. The van der Waals surface area contributed by atoms with Crippen molar-refractivity contribution in [1.29, 1.82) is 0 Å². The first-order chi connectivity index (χ1) is 11.6. The summed E-state index contributed by atoms with van der Waals surface area (Å²) in [5, 5.41) is 6.93. The molecule has 0 spiro atoms. The second-order valence-corrected chi connectivity index (χ2v) is 6.03. The highest BCUT2D eigenvalue weighted by Gasteiger charge is 2.25. The summed E-state index contributed by atoms with van der Waals surface area (Å²) in [6, 6.07) is 7.57. The molecule has 2 amide bonds. The van der Waals surface area contributed by atoms with E-state index in [-0.39, 0.29) is 17.9 Å². The standard InChI is InChI=1S/C17H21N5O2/c1-13(23)19-9-14-4-6-15(7-5-14)17(24)21-8-2-3-16(10-21)22-12-18-11-20-22/h4-7,11-12,16H,2-3,8-10H2,1H3,(H,19,23)/t16-/m0/s1. The zero-order valence-corrected chi connectivity index (χ0v) is 13.7. The Morgan fingerprint density at radius 2 is 2.08 bits per heavy atom. The van der Waals surface area contributed by atoms with Crippen LogP contribution in [0.1, 0.15) is 41.7 Å². The molecule has 0 radical (unpaired) electrons.